The van der Waals surface area contributed by atoms with Gasteiger partial charge in [-0.3, -0.25) is 4.79 Å². The highest BCUT2D eigenvalue weighted by Gasteiger charge is 2.66. The van der Waals surface area contributed by atoms with Gasteiger partial charge < -0.3 is 9.84 Å². The first kappa shape index (κ1) is 8.72. The Labute approximate surface area is 83.4 Å². The molecular weight excluding hydrogens is 180 g/mol. The molecule has 2 saturated carbocycles. The molecule has 1 saturated heterocycles. The molecule has 0 aromatic heterocycles. The van der Waals surface area contributed by atoms with Crippen molar-refractivity contribution in [1.29, 1.82) is 0 Å². The van der Waals surface area contributed by atoms with Gasteiger partial charge in [-0.1, -0.05) is 0 Å². The molecule has 3 nitrogen and oxygen atoms in total. The van der Waals surface area contributed by atoms with E-state index in [2.05, 4.69) is 0 Å². The van der Waals surface area contributed by atoms with E-state index in [1.807, 2.05) is 0 Å². The summed E-state index contributed by atoms with van der Waals surface area (Å²) < 4.78 is 5.07. The van der Waals surface area contributed by atoms with Crippen LogP contribution in [0.4, 0.5) is 0 Å². The first-order chi connectivity index (χ1) is 6.69. The van der Waals surface area contributed by atoms with Crippen molar-refractivity contribution in [3.8, 4) is 0 Å². The van der Waals surface area contributed by atoms with Crippen LogP contribution >= 0.6 is 0 Å². The molecule has 1 N–H and O–H groups in total. The van der Waals surface area contributed by atoms with Crippen molar-refractivity contribution in [1.82, 2.24) is 0 Å². The Hall–Kier alpha value is -0.570. The van der Waals surface area contributed by atoms with Crippen molar-refractivity contribution < 1.29 is 14.6 Å². The van der Waals surface area contributed by atoms with E-state index >= 15 is 0 Å². The monoisotopic (exact) mass is 196 g/mol. The lowest BCUT2D eigenvalue weighted by Crippen LogP contribution is -2.48. The van der Waals surface area contributed by atoms with Crippen molar-refractivity contribution >= 4 is 5.97 Å². The van der Waals surface area contributed by atoms with Crippen LogP contribution in [0.25, 0.3) is 0 Å². The highest BCUT2D eigenvalue weighted by atomic mass is 16.5. The zero-order valence-electron chi connectivity index (χ0n) is 8.29. The number of hydrogen-bond donors (Lipinski definition) is 1. The summed E-state index contributed by atoms with van der Waals surface area (Å²) in [4.78, 5) is 11.8. The van der Waals surface area contributed by atoms with Crippen LogP contribution < -0.4 is 0 Å². The van der Waals surface area contributed by atoms with Gasteiger partial charge >= 0.3 is 5.97 Å². The number of carbonyl (C=O) groups excluding carboxylic acids is 1. The van der Waals surface area contributed by atoms with E-state index in [-0.39, 0.29) is 5.97 Å². The third-order valence-electron chi connectivity index (χ3n) is 4.40. The topological polar surface area (TPSA) is 46.5 Å². The number of ether oxygens (including phenoxy) is 1. The zero-order chi connectivity index (χ0) is 9.81. The normalized spacial score (nSPS) is 47.4. The Kier molecular flexibility index (Phi) is 1.56. The second-order valence-corrected chi connectivity index (χ2v) is 5.02. The summed E-state index contributed by atoms with van der Waals surface area (Å²) in [5.41, 5.74) is -1.24. The Balaban J connectivity index is 2.00. The molecule has 2 atom stereocenters. The standard InChI is InChI=1S/C11H16O3/c12-9-10(6-7-14-9)4-1-5-11(10,13)8-2-3-8/h8,13H,1-7H2. The predicted octanol–water partition coefficient (Wildman–Crippen LogP) is 1.24. The van der Waals surface area contributed by atoms with Gasteiger partial charge in [0, 0.05) is 6.42 Å². The lowest BCUT2D eigenvalue weighted by atomic mass is 9.70. The highest BCUT2D eigenvalue weighted by molar-refractivity contribution is 5.81. The molecule has 14 heavy (non-hydrogen) atoms. The lowest BCUT2D eigenvalue weighted by Gasteiger charge is -2.36. The smallest absolute Gasteiger partial charge is 0.315 e. The maximum Gasteiger partial charge on any atom is 0.315 e. The molecule has 0 bridgehead atoms. The van der Waals surface area contributed by atoms with Gasteiger partial charge in [0.1, 0.15) is 5.41 Å². The molecule has 0 aromatic rings. The quantitative estimate of drug-likeness (QED) is 0.642. The average Bonchev–Trinajstić information content (AvgIpc) is 2.88. The minimum Gasteiger partial charge on any atom is -0.465 e. The molecule has 3 heteroatoms. The van der Waals surface area contributed by atoms with Crippen LogP contribution in [0.2, 0.25) is 0 Å². The van der Waals surface area contributed by atoms with E-state index in [9.17, 15) is 9.90 Å². The van der Waals surface area contributed by atoms with Crippen LogP contribution in [0.1, 0.15) is 38.5 Å². The summed E-state index contributed by atoms with van der Waals surface area (Å²) in [7, 11) is 0. The van der Waals surface area contributed by atoms with Gasteiger partial charge in [-0.05, 0) is 38.0 Å². The summed E-state index contributed by atoms with van der Waals surface area (Å²) in [6.07, 6.45) is 5.52. The Morgan fingerprint density at radius 1 is 1.29 bits per heavy atom. The van der Waals surface area contributed by atoms with Crippen LogP contribution in [0.3, 0.4) is 0 Å². The summed E-state index contributed by atoms with van der Waals surface area (Å²) in [6.45, 7) is 0.508. The zero-order valence-corrected chi connectivity index (χ0v) is 8.29. The molecule has 1 heterocycles. The summed E-state index contributed by atoms with van der Waals surface area (Å²) >= 11 is 0. The molecular formula is C11H16O3. The van der Waals surface area contributed by atoms with Crippen LogP contribution in [0.15, 0.2) is 0 Å². The van der Waals surface area contributed by atoms with Crippen molar-refractivity contribution in [2.45, 2.75) is 44.1 Å². The van der Waals surface area contributed by atoms with Gasteiger partial charge in [0.25, 0.3) is 0 Å². The SMILES string of the molecule is O=C1OCCC12CCCC2(O)C1CC1. The number of aliphatic hydroxyl groups is 1. The lowest BCUT2D eigenvalue weighted by molar-refractivity contribution is -0.160. The van der Waals surface area contributed by atoms with Crippen molar-refractivity contribution in [3.05, 3.63) is 0 Å². The Morgan fingerprint density at radius 3 is 2.64 bits per heavy atom. The Morgan fingerprint density at radius 2 is 2.07 bits per heavy atom. The molecule has 3 aliphatic rings. The number of esters is 1. The van der Waals surface area contributed by atoms with Gasteiger partial charge in [-0.2, -0.15) is 0 Å². The van der Waals surface area contributed by atoms with Crippen LogP contribution in [0, 0.1) is 11.3 Å². The van der Waals surface area contributed by atoms with E-state index < -0.39 is 11.0 Å². The number of hydrogen-bond acceptors (Lipinski definition) is 3. The van der Waals surface area contributed by atoms with Gasteiger partial charge in [-0.15, -0.1) is 0 Å². The molecule has 3 fully saturated rings. The van der Waals surface area contributed by atoms with E-state index in [0.29, 0.717) is 12.5 Å². The molecule has 2 aliphatic carbocycles. The minimum atomic E-state index is -0.722. The largest absolute Gasteiger partial charge is 0.465 e. The molecule has 78 valence electrons. The van der Waals surface area contributed by atoms with E-state index in [0.717, 1.165) is 38.5 Å². The average molecular weight is 196 g/mol. The second kappa shape index (κ2) is 2.51. The van der Waals surface area contributed by atoms with E-state index in [1.54, 1.807) is 0 Å². The Bertz CT molecular complexity index is 280. The summed E-state index contributed by atoms with van der Waals surface area (Å²) in [5, 5.41) is 10.7. The van der Waals surface area contributed by atoms with Crippen LogP contribution in [0.5, 0.6) is 0 Å². The van der Waals surface area contributed by atoms with Crippen molar-refractivity contribution in [2.24, 2.45) is 11.3 Å². The first-order valence-electron chi connectivity index (χ1n) is 5.59. The molecule has 1 aliphatic heterocycles. The molecule has 0 radical (unpaired) electrons. The number of carbonyl (C=O) groups is 1. The van der Waals surface area contributed by atoms with Crippen molar-refractivity contribution in [3.63, 3.8) is 0 Å². The first-order valence-corrected chi connectivity index (χ1v) is 5.59. The predicted molar refractivity (Wildman–Crippen MR) is 49.5 cm³/mol. The fourth-order valence-electron chi connectivity index (χ4n) is 3.45. The maximum atomic E-state index is 11.8. The molecule has 0 amide bonds. The van der Waals surface area contributed by atoms with Crippen LogP contribution in [-0.4, -0.2) is 23.3 Å². The summed E-state index contributed by atoms with van der Waals surface area (Å²) in [5.74, 6) is 0.236. The van der Waals surface area contributed by atoms with Gasteiger partial charge in [0.05, 0.1) is 12.2 Å². The maximum absolute atomic E-state index is 11.8. The van der Waals surface area contributed by atoms with Crippen molar-refractivity contribution in [2.75, 3.05) is 6.61 Å². The van der Waals surface area contributed by atoms with Gasteiger partial charge in [0.2, 0.25) is 0 Å². The van der Waals surface area contributed by atoms with Crippen LogP contribution in [-0.2, 0) is 9.53 Å². The second-order valence-electron chi connectivity index (χ2n) is 5.02. The highest BCUT2D eigenvalue weighted by Crippen LogP contribution is 2.60. The number of cyclic esters (lactones) is 1. The fourth-order valence-corrected chi connectivity index (χ4v) is 3.45. The van der Waals surface area contributed by atoms with E-state index in [1.165, 1.54) is 0 Å². The third kappa shape index (κ3) is 0.842. The summed E-state index contributed by atoms with van der Waals surface area (Å²) in [6, 6.07) is 0. The van der Waals surface area contributed by atoms with E-state index in [4.69, 9.17) is 4.74 Å². The minimum absolute atomic E-state index is 0.135. The molecule has 3 rings (SSSR count). The molecule has 0 aromatic carbocycles. The molecule has 2 unspecified atom stereocenters. The van der Waals surface area contributed by atoms with Gasteiger partial charge in [0.15, 0.2) is 0 Å². The number of rotatable bonds is 1. The molecule has 1 spiro atoms. The fraction of sp³-hybridized carbons (Fsp3) is 0.909. The third-order valence-corrected chi connectivity index (χ3v) is 4.40. The van der Waals surface area contributed by atoms with Gasteiger partial charge in [-0.25, -0.2) is 0 Å².